The Kier molecular flexibility index (Phi) is 8.50. The Morgan fingerprint density at radius 1 is 0.775 bits per heavy atom. The van der Waals surface area contributed by atoms with Crippen molar-refractivity contribution in [2.45, 2.75) is 16.4 Å². The van der Waals surface area contributed by atoms with Crippen LogP contribution in [0.15, 0.2) is 54.6 Å². The topological polar surface area (TPSA) is 87.3 Å². The first-order valence-electron chi connectivity index (χ1n) is 11.0. The first-order chi connectivity index (χ1) is 18.6. The molecule has 4 rings (SSSR count). The number of carbonyl (C=O) groups is 3. The van der Waals surface area contributed by atoms with E-state index in [-0.39, 0.29) is 22.0 Å². The number of hydrogen-bond donors (Lipinski definition) is 3. The van der Waals surface area contributed by atoms with Crippen LogP contribution in [0, 0.1) is 11.7 Å². The lowest BCUT2D eigenvalue weighted by molar-refractivity contribution is -0.167. The van der Waals surface area contributed by atoms with Crippen LogP contribution in [0.3, 0.4) is 0 Å². The Labute approximate surface area is 248 Å². The van der Waals surface area contributed by atoms with Gasteiger partial charge in [0.2, 0.25) is 5.91 Å². The van der Waals surface area contributed by atoms with Crippen molar-refractivity contribution in [3.63, 3.8) is 0 Å². The van der Waals surface area contributed by atoms with Crippen molar-refractivity contribution in [2.75, 3.05) is 16.0 Å². The molecule has 2 atom stereocenters. The van der Waals surface area contributed by atoms with Crippen LogP contribution in [0.25, 0.3) is 0 Å². The molecule has 3 aromatic rings. The fraction of sp³-hybridized carbons (Fsp3) is 0.160. The summed E-state index contributed by atoms with van der Waals surface area (Å²) in [4.78, 5) is 37.0. The number of benzene rings is 3. The molecule has 210 valence electrons. The molecule has 3 N–H and O–H groups in total. The number of carbonyl (C=O) groups excluding carboxylic acids is 3. The predicted molar refractivity (Wildman–Crippen MR) is 146 cm³/mol. The van der Waals surface area contributed by atoms with Gasteiger partial charge in [-0.05, 0) is 60.2 Å². The van der Waals surface area contributed by atoms with Crippen molar-refractivity contribution >= 4 is 92.8 Å². The van der Waals surface area contributed by atoms with Crippen LogP contribution in [0.2, 0.25) is 15.1 Å². The number of amides is 3. The Balaban J connectivity index is 1.49. The van der Waals surface area contributed by atoms with Gasteiger partial charge in [0.15, 0.2) is 0 Å². The fourth-order valence-electron chi connectivity index (χ4n) is 3.95. The summed E-state index contributed by atoms with van der Waals surface area (Å²) in [6.45, 7) is 0. The minimum Gasteiger partial charge on any atom is -0.326 e. The van der Waals surface area contributed by atoms with E-state index in [1.165, 1.54) is 29.6 Å². The molecular formula is C25H14Cl5F4N3O3. The van der Waals surface area contributed by atoms with E-state index in [1.54, 1.807) is 12.1 Å². The van der Waals surface area contributed by atoms with E-state index >= 15 is 0 Å². The van der Waals surface area contributed by atoms with Gasteiger partial charge in [-0.1, -0.05) is 34.8 Å². The zero-order chi connectivity index (χ0) is 29.6. The molecule has 0 bridgehead atoms. The first-order valence-corrected chi connectivity index (χ1v) is 12.9. The summed E-state index contributed by atoms with van der Waals surface area (Å²) in [6, 6.07) is 11.0. The highest BCUT2D eigenvalue weighted by molar-refractivity contribution is 6.53. The summed E-state index contributed by atoms with van der Waals surface area (Å²) >= 11 is 31.0. The highest BCUT2D eigenvalue weighted by Gasteiger charge is 2.67. The monoisotopic (exact) mass is 655 g/mol. The highest BCUT2D eigenvalue weighted by Crippen LogP contribution is 2.65. The van der Waals surface area contributed by atoms with E-state index in [1.807, 2.05) is 0 Å². The predicted octanol–water partition coefficient (Wildman–Crippen LogP) is 8.07. The highest BCUT2D eigenvalue weighted by atomic mass is 35.5. The maximum absolute atomic E-state index is 14.0. The Morgan fingerprint density at radius 3 is 1.98 bits per heavy atom. The lowest BCUT2D eigenvalue weighted by Gasteiger charge is -2.12. The molecule has 3 amide bonds. The van der Waals surface area contributed by atoms with E-state index in [2.05, 4.69) is 10.6 Å². The number of hydrogen-bond acceptors (Lipinski definition) is 3. The SMILES string of the molecule is O=C(Nc1cc(F)cc(NC(=O)C(F)(F)F)c1)c1cc(NC(=O)[C@H]2[C@H](c3cc(Cl)cc(Cl)c3)C2(Cl)Cl)ccc1Cl. The van der Waals surface area contributed by atoms with Crippen molar-refractivity contribution in [3.05, 3.63) is 86.6 Å². The molecule has 0 aromatic heterocycles. The average Bonchev–Trinajstić information content (AvgIpc) is 3.40. The van der Waals surface area contributed by atoms with Gasteiger partial charge in [0, 0.05) is 33.0 Å². The molecular weight excluding hydrogens is 644 g/mol. The van der Waals surface area contributed by atoms with Crippen LogP contribution in [-0.2, 0) is 9.59 Å². The molecule has 1 aliphatic carbocycles. The zero-order valence-electron chi connectivity index (χ0n) is 19.5. The minimum absolute atomic E-state index is 0.0561. The average molecular weight is 658 g/mol. The van der Waals surface area contributed by atoms with E-state index in [4.69, 9.17) is 58.0 Å². The Morgan fingerprint density at radius 2 is 1.38 bits per heavy atom. The van der Waals surface area contributed by atoms with E-state index in [9.17, 15) is 31.9 Å². The normalized spacial score (nSPS) is 17.6. The van der Waals surface area contributed by atoms with Crippen LogP contribution < -0.4 is 16.0 Å². The molecule has 40 heavy (non-hydrogen) atoms. The summed E-state index contributed by atoms with van der Waals surface area (Å²) < 4.78 is 50.1. The van der Waals surface area contributed by atoms with Gasteiger partial charge in [0.1, 0.15) is 10.2 Å². The maximum Gasteiger partial charge on any atom is 0.471 e. The maximum atomic E-state index is 14.0. The quantitative estimate of drug-likeness (QED) is 0.185. The van der Waals surface area contributed by atoms with Gasteiger partial charge in [0.25, 0.3) is 5.91 Å². The van der Waals surface area contributed by atoms with Crippen molar-refractivity contribution in [3.8, 4) is 0 Å². The molecule has 15 heteroatoms. The molecule has 0 unspecified atom stereocenters. The lowest BCUT2D eigenvalue weighted by Crippen LogP contribution is -2.30. The van der Waals surface area contributed by atoms with Crippen molar-refractivity contribution in [1.29, 1.82) is 0 Å². The summed E-state index contributed by atoms with van der Waals surface area (Å²) in [6.07, 6.45) is -5.21. The van der Waals surface area contributed by atoms with Gasteiger partial charge in [0.05, 0.1) is 16.5 Å². The molecule has 0 spiro atoms. The third-order valence-electron chi connectivity index (χ3n) is 5.73. The molecule has 0 aliphatic heterocycles. The van der Waals surface area contributed by atoms with Crippen LogP contribution in [-0.4, -0.2) is 28.2 Å². The summed E-state index contributed by atoms with van der Waals surface area (Å²) in [5.74, 6) is -6.33. The fourth-order valence-corrected chi connectivity index (χ4v) is 5.53. The second-order valence-electron chi connectivity index (χ2n) is 8.65. The largest absolute Gasteiger partial charge is 0.471 e. The molecule has 6 nitrogen and oxygen atoms in total. The number of nitrogens with one attached hydrogen (secondary N) is 3. The third-order valence-corrected chi connectivity index (χ3v) is 7.44. The second kappa shape index (κ2) is 11.3. The first kappa shape index (κ1) is 30.2. The van der Waals surface area contributed by atoms with E-state index < -0.39 is 51.6 Å². The van der Waals surface area contributed by atoms with Crippen molar-refractivity contribution in [1.82, 2.24) is 0 Å². The zero-order valence-corrected chi connectivity index (χ0v) is 23.3. The van der Waals surface area contributed by atoms with Crippen LogP contribution in [0.5, 0.6) is 0 Å². The van der Waals surface area contributed by atoms with Gasteiger partial charge in [-0.2, -0.15) is 13.2 Å². The second-order valence-corrected chi connectivity index (χ2v) is 11.4. The van der Waals surface area contributed by atoms with Crippen LogP contribution in [0.4, 0.5) is 34.6 Å². The number of rotatable bonds is 6. The molecule has 0 radical (unpaired) electrons. The van der Waals surface area contributed by atoms with Gasteiger partial charge in [-0.3, -0.25) is 14.4 Å². The minimum atomic E-state index is -5.21. The summed E-state index contributed by atoms with van der Waals surface area (Å²) in [7, 11) is 0. The van der Waals surface area contributed by atoms with E-state index in [0.29, 0.717) is 21.7 Å². The molecule has 0 saturated heterocycles. The Hall–Kier alpha value is -2.76. The van der Waals surface area contributed by atoms with Gasteiger partial charge < -0.3 is 16.0 Å². The van der Waals surface area contributed by atoms with Crippen LogP contribution in [0.1, 0.15) is 21.8 Å². The van der Waals surface area contributed by atoms with Gasteiger partial charge in [-0.25, -0.2) is 4.39 Å². The molecule has 1 fully saturated rings. The molecule has 1 aliphatic rings. The molecule has 1 saturated carbocycles. The van der Waals surface area contributed by atoms with E-state index in [0.717, 1.165) is 12.1 Å². The number of anilines is 3. The number of halogens is 9. The van der Waals surface area contributed by atoms with Crippen LogP contribution >= 0.6 is 58.0 Å². The third kappa shape index (κ3) is 6.75. The van der Waals surface area contributed by atoms with Crippen molar-refractivity contribution < 1.29 is 31.9 Å². The molecule has 0 heterocycles. The Bertz CT molecular complexity index is 1510. The summed E-state index contributed by atoms with van der Waals surface area (Å²) in [5, 5.41) is 6.99. The van der Waals surface area contributed by atoms with Crippen molar-refractivity contribution in [2.24, 2.45) is 5.92 Å². The lowest BCUT2D eigenvalue weighted by atomic mass is 10.1. The van der Waals surface area contributed by atoms with Gasteiger partial charge >= 0.3 is 12.1 Å². The number of alkyl halides is 5. The smallest absolute Gasteiger partial charge is 0.326 e. The molecule has 3 aromatic carbocycles. The van der Waals surface area contributed by atoms with Gasteiger partial charge in [-0.15, -0.1) is 23.2 Å². The standard InChI is InChI=1S/C25H14Cl5F4N3O3/c26-11-3-10(4-12(27)5-11)19-20(24(19,29)30)22(39)35-14-1-2-18(28)17(9-14)21(38)36-15-6-13(31)7-16(8-15)37-23(40)25(32,33)34/h1-9,19-20H,(H,35,39)(H,36,38)(H,37,40)/t19-,20+/m0/s1. The summed E-state index contributed by atoms with van der Waals surface area (Å²) in [5.41, 5.74) is -0.296.